The highest BCUT2D eigenvalue weighted by molar-refractivity contribution is 6.25. The van der Waals surface area contributed by atoms with Crippen molar-refractivity contribution in [3.63, 3.8) is 0 Å². The van der Waals surface area contributed by atoms with Gasteiger partial charge in [0, 0.05) is 34.8 Å². The Kier molecular flexibility index (Phi) is 3.33. The standard InChI is InChI=1S/C23H19NO2/c1-13-6-4-7-14(12-13)19-20-17(10-5-11-18(20)25)24-22-15-8-2-3-9-16(15)23(26)21(19)22/h2-4,6-9,12,19-20H,5,10-11H2,1H3/t19-,20+/m0/s1. The molecule has 2 atom stereocenters. The van der Waals surface area contributed by atoms with Gasteiger partial charge < -0.3 is 0 Å². The normalized spacial score (nSPS) is 24.1. The number of carbonyl (C=O) groups is 2. The maximum absolute atomic E-state index is 13.2. The molecule has 3 nitrogen and oxygen atoms in total. The van der Waals surface area contributed by atoms with Crippen molar-refractivity contribution in [3.05, 3.63) is 76.4 Å². The largest absolute Gasteiger partial charge is 0.299 e. The van der Waals surface area contributed by atoms with Crippen LogP contribution >= 0.6 is 0 Å². The lowest BCUT2D eigenvalue weighted by Gasteiger charge is -2.35. The molecule has 1 heterocycles. The molecule has 5 rings (SSSR count). The number of aliphatic imine (C=N–C) groups is 1. The first-order valence-electron chi connectivity index (χ1n) is 9.20. The zero-order valence-electron chi connectivity index (χ0n) is 14.7. The van der Waals surface area contributed by atoms with Crippen LogP contribution in [0.3, 0.4) is 0 Å². The number of hydrogen-bond donors (Lipinski definition) is 0. The van der Waals surface area contributed by atoms with Gasteiger partial charge in [-0.25, -0.2) is 0 Å². The quantitative estimate of drug-likeness (QED) is 0.766. The SMILES string of the molecule is Cc1cccc([C@@H]2C3=C(N=C4CCCC(=O)[C@@H]42)c2ccccc2C3=O)c1. The van der Waals surface area contributed by atoms with E-state index in [4.69, 9.17) is 4.99 Å². The molecule has 1 aliphatic heterocycles. The Bertz CT molecular complexity index is 1030. The van der Waals surface area contributed by atoms with Crippen molar-refractivity contribution in [2.24, 2.45) is 10.9 Å². The minimum absolute atomic E-state index is 0.0308. The average molecular weight is 341 g/mol. The van der Waals surface area contributed by atoms with Crippen LogP contribution in [0.15, 0.2) is 59.1 Å². The van der Waals surface area contributed by atoms with E-state index in [2.05, 4.69) is 6.07 Å². The summed E-state index contributed by atoms with van der Waals surface area (Å²) < 4.78 is 0. The van der Waals surface area contributed by atoms with Crippen LogP contribution in [0, 0.1) is 12.8 Å². The van der Waals surface area contributed by atoms with Gasteiger partial charge in [0.25, 0.3) is 0 Å². The third-order valence-corrected chi connectivity index (χ3v) is 5.79. The van der Waals surface area contributed by atoms with Gasteiger partial charge in [-0.05, 0) is 25.3 Å². The van der Waals surface area contributed by atoms with E-state index in [9.17, 15) is 9.59 Å². The van der Waals surface area contributed by atoms with E-state index in [1.807, 2.05) is 49.4 Å². The van der Waals surface area contributed by atoms with E-state index in [-0.39, 0.29) is 23.4 Å². The fourth-order valence-electron chi connectivity index (χ4n) is 4.67. The summed E-state index contributed by atoms with van der Waals surface area (Å²) in [5.41, 5.74) is 6.26. The summed E-state index contributed by atoms with van der Waals surface area (Å²) in [7, 11) is 0. The number of rotatable bonds is 1. The van der Waals surface area contributed by atoms with E-state index in [1.165, 1.54) is 0 Å². The Balaban J connectivity index is 1.77. The first-order valence-corrected chi connectivity index (χ1v) is 9.20. The Hall–Kier alpha value is -2.81. The van der Waals surface area contributed by atoms with E-state index in [0.29, 0.717) is 17.6 Å². The molecule has 1 fully saturated rings. The highest BCUT2D eigenvalue weighted by Gasteiger charge is 2.46. The predicted octanol–water partition coefficient (Wildman–Crippen LogP) is 4.51. The fourth-order valence-corrected chi connectivity index (χ4v) is 4.67. The van der Waals surface area contributed by atoms with Gasteiger partial charge >= 0.3 is 0 Å². The molecule has 2 aliphatic carbocycles. The van der Waals surface area contributed by atoms with Crippen LogP contribution in [0.25, 0.3) is 5.70 Å². The summed E-state index contributed by atoms with van der Waals surface area (Å²) in [4.78, 5) is 31.0. The van der Waals surface area contributed by atoms with Crippen molar-refractivity contribution >= 4 is 23.0 Å². The van der Waals surface area contributed by atoms with E-state index < -0.39 is 0 Å². The van der Waals surface area contributed by atoms with Crippen LogP contribution in [0.1, 0.15) is 52.2 Å². The Morgan fingerprint density at radius 3 is 2.54 bits per heavy atom. The third-order valence-electron chi connectivity index (χ3n) is 5.79. The number of fused-ring (bicyclic) bond motifs is 3. The van der Waals surface area contributed by atoms with Gasteiger partial charge in [0.05, 0.1) is 11.6 Å². The molecule has 0 aromatic heterocycles. The van der Waals surface area contributed by atoms with Crippen molar-refractivity contribution < 1.29 is 9.59 Å². The molecule has 0 bridgehead atoms. The lowest BCUT2D eigenvalue weighted by Crippen LogP contribution is -2.37. The highest BCUT2D eigenvalue weighted by atomic mass is 16.1. The predicted molar refractivity (Wildman–Crippen MR) is 101 cm³/mol. The Morgan fingerprint density at radius 1 is 0.923 bits per heavy atom. The molecule has 0 saturated heterocycles. The van der Waals surface area contributed by atoms with Crippen molar-refractivity contribution in [1.29, 1.82) is 0 Å². The lowest BCUT2D eigenvalue weighted by atomic mass is 9.69. The third kappa shape index (κ3) is 2.10. The molecule has 3 aliphatic rings. The van der Waals surface area contributed by atoms with Gasteiger partial charge in [0.1, 0.15) is 5.78 Å². The van der Waals surface area contributed by atoms with Crippen LogP contribution in [0.5, 0.6) is 0 Å². The molecule has 0 N–H and O–H groups in total. The number of hydrogen-bond acceptors (Lipinski definition) is 3. The smallest absolute Gasteiger partial charge is 0.192 e. The van der Waals surface area contributed by atoms with Crippen LogP contribution in [0.4, 0.5) is 0 Å². The van der Waals surface area contributed by atoms with Crippen molar-refractivity contribution in [1.82, 2.24) is 0 Å². The minimum atomic E-state index is -0.289. The average Bonchev–Trinajstić information content (AvgIpc) is 2.93. The van der Waals surface area contributed by atoms with Gasteiger partial charge in [-0.15, -0.1) is 0 Å². The second-order valence-corrected chi connectivity index (χ2v) is 7.43. The van der Waals surface area contributed by atoms with Gasteiger partial charge in [-0.2, -0.15) is 0 Å². The van der Waals surface area contributed by atoms with Crippen LogP contribution in [-0.2, 0) is 4.79 Å². The van der Waals surface area contributed by atoms with E-state index in [1.54, 1.807) is 0 Å². The molecule has 2 aromatic rings. The summed E-state index contributed by atoms with van der Waals surface area (Å²) in [5.74, 6) is -0.257. The van der Waals surface area contributed by atoms with E-state index in [0.717, 1.165) is 40.9 Å². The Morgan fingerprint density at radius 2 is 1.73 bits per heavy atom. The van der Waals surface area contributed by atoms with E-state index >= 15 is 0 Å². The zero-order valence-corrected chi connectivity index (χ0v) is 14.7. The topological polar surface area (TPSA) is 46.5 Å². The maximum Gasteiger partial charge on any atom is 0.192 e. The molecule has 0 spiro atoms. The molecular weight excluding hydrogens is 322 g/mol. The van der Waals surface area contributed by atoms with Crippen molar-refractivity contribution in [2.75, 3.05) is 0 Å². The second kappa shape index (κ2) is 5.60. The number of benzene rings is 2. The van der Waals surface area contributed by atoms with Gasteiger partial charge in [-0.1, -0.05) is 54.1 Å². The molecular formula is C23H19NO2. The van der Waals surface area contributed by atoms with Gasteiger partial charge in [0.15, 0.2) is 5.78 Å². The molecule has 1 saturated carbocycles. The molecule has 0 radical (unpaired) electrons. The summed E-state index contributed by atoms with van der Waals surface area (Å²) in [6, 6.07) is 15.9. The highest BCUT2D eigenvalue weighted by Crippen LogP contribution is 2.49. The number of aryl methyl sites for hydroxylation is 1. The maximum atomic E-state index is 13.2. The molecule has 0 unspecified atom stereocenters. The molecule has 0 amide bonds. The van der Waals surface area contributed by atoms with Crippen molar-refractivity contribution in [3.8, 4) is 0 Å². The zero-order chi connectivity index (χ0) is 17.8. The van der Waals surface area contributed by atoms with Crippen molar-refractivity contribution in [2.45, 2.75) is 32.1 Å². The Labute approximate surface area is 152 Å². The summed E-state index contributed by atoms with van der Waals surface area (Å²) in [6.45, 7) is 2.05. The summed E-state index contributed by atoms with van der Waals surface area (Å²) in [6.07, 6.45) is 2.27. The second-order valence-electron chi connectivity index (χ2n) is 7.43. The van der Waals surface area contributed by atoms with Gasteiger partial charge in [-0.3, -0.25) is 14.6 Å². The monoisotopic (exact) mass is 341 g/mol. The fraction of sp³-hybridized carbons (Fsp3) is 0.261. The molecule has 2 aromatic carbocycles. The minimum Gasteiger partial charge on any atom is -0.299 e. The number of nitrogens with zero attached hydrogens (tertiary/aromatic N) is 1. The first kappa shape index (κ1) is 15.4. The molecule has 128 valence electrons. The number of ketones is 2. The summed E-state index contributed by atoms with van der Waals surface area (Å²) in [5, 5.41) is 0. The van der Waals surface area contributed by atoms with Crippen LogP contribution < -0.4 is 0 Å². The molecule has 26 heavy (non-hydrogen) atoms. The van der Waals surface area contributed by atoms with Crippen LogP contribution in [0.2, 0.25) is 0 Å². The van der Waals surface area contributed by atoms with Gasteiger partial charge in [0.2, 0.25) is 0 Å². The number of carbonyl (C=O) groups excluding carboxylic acids is 2. The number of Topliss-reactive ketones (excluding diaryl/α,β-unsaturated/α-hetero) is 2. The lowest BCUT2D eigenvalue weighted by molar-refractivity contribution is -0.121. The van der Waals surface area contributed by atoms with Crippen LogP contribution in [-0.4, -0.2) is 17.3 Å². The first-order chi connectivity index (χ1) is 12.6. The molecule has 3 heteroatoms. The summed E-state index contributed by atoms with van der Waals surface area (Å²) >= 11 is 0. The number of allylic oxidation sites excluding steroid dienone is 1.